The van der Waals surface area contributed by atoms with Crippen LogP contribution in [-0.4, -0.2) is 43.7 Å². The maximum Gasteiger partial charge on any atom is 0.224 e. The molecule has 1 heterocycles. The van der Waals surface area contributed by atoms with Crippen LogP contribution in [0.4, 0.5) is 0 Å². The van der Waals surface area contributed by atoms with Gasteiger partial charge in [0.15, 0.2) is 11.5 Å². The van der Waals surface area contributed by atoms with Gasteiger partial charge in [-0.05, 0) is 18.6 Å². The van der Waals surface area contributed by atoms with Gasteiger partial charge in [-0.15, -0.1) is 0 Å². The highest BCUT2D eigenvalue weighted by Gasteiger charge is 2.25. The standard InChI is InChI=1S/C14H20N2O3/c1-18-12-5-2-3-6-13(12)19-8-4-7-16-10-11(15)9-14(16)17/h2-3,5-6,11H,4,7-10,15H2,1H3. The molecule has 1 atom stereocenters. The van der Waals surface area contributed by atoms with Gasteiger partial charge in [-0.25, -0.2) is 0 Å². The third-order valence-electron chi connectivity index (χ3n) is 3.14. The number of rotatable bonds is 6. The van der Waals surface area contributed by atoms with Crippen molar-refractivity contribution in [3.8, 4) is 11.5 Å². The van der Waals surface area contributed by atoms with Gasteiger partial charge in [-0.2, -0.15) is 0 Å². The zero-order valence-corrected chi connectivity index (χ0v) is 11.2. The molecule has 1 aromatic rings. The SMILES string of the molecule is COc1ccccc1OCCCN1CC(N)CC1=O. The summed E-state index contributed by atoms with van der Waals surface area (Å²) in [5.74, 6) is 1.60. The molecule has 0 bridgehead atoms. The molecular weight excluding hydrogens is 244 g/mol. The highest BCUT2D eigenvalue weighted by molar-refractivity contribution is 5.79. The maximum absolute atomic E-state index is 11.5. The van der Waals surface area contributed by atoms with Gasteiger partial charge in [0.25, 0.3) is 0 Å². The van der Waals surface area contributed by atoms with Crippen LogP contribution in [0.15, 0.2) is 24.3 Å². The van der Waals surface area contributed by atoms with Gasteiger partial charge >= 0.3 is 0 Å². The van der Waals surface area contributed by atoms with Crippen molar-refractivity contribution in [1.29, 1.82) is 0 Å². The molecule has 1 aliphatic heterocycles. The second-order valence-corrected chi connectivity index (χ2v) is 4.66. The van der Waals surface area contributed by atoms with Gasteiger partial charge in [-0.3, -0.25) is 4.79 Å². The van der Waals surface area contributed by atoms with E-state index in [0.717, 1.165) is 17.9 Å². The summed E-state index contributed by atoms with van der Waals surface area (Å²) in [6, 6.07) is 7.52. The molecule has 0 radical (unpaired) electrons. The normalized spacial score (nSPS) is 18.7. The molecular formula is C14H20N2O3. The number of likely N-dealkylation sites (tertiary alicyclic amines) is 1. The lowest BCUT2D eigenvalue weighted by molar-refractivity contribution is -0.127. The third-order valence-corrected chi connectivity index (χ3v) is 3.14. The Bertz CT molecular complexity index is 436. The van der Waals surface area contributed by atoms with Crippen molar-refractivity contribution in [2.45, 2.75) is 18.9 Å². The topological polar surface area (TPSA) is 64.8 Å². The van der Waals surface area contributed by atoms with E-state index >= 15 is 0 Å². The predicted octanol–water partition coefficient (Wildman–Crippen LogP) is 1.02. The summed E-state index contributed by atoms with van der Waals surface area (Å²) >= 11 is 0. The van der Waals surface area contributed by atoms with Gasteiger partial charge in [0, 0.05) is 25.6 Å². The van der Waals surface area contributed by atoms with Crippen LogP contribution in [0.1, 0.15) is 12.8 Å². The first-order valence-electron chi connectivity index (χ1n) is 6.50. The van der Waals surface area contributed by atoms with Gasteiger partial charge in [0.2, 0.25) is 5.91 Å². The second-order valence-electron chi connectivity index (χ2n) is 4.66. The highest BCUT2D eigenvalue weighted by atomic mass is 16.5. The van der Waals surface area contributed by atoms with Crippen molar-refractivity contribution in [2.75, 3.05) is 26.8 Å². The molecule has 2 rings (SSSR count). The van der Waals surface area contributed by atoms with Crippen LogP contribution in [0.2, 0.25) is 0 Å². The van der Waals surface area contributed by atoms with E-state index in [2.05, 4.69) is 0 Å². The Morgan fingerprint density at radius 1 is 1.37 bits per heavy atom. The number of carbonyl (C=O) groups excluding carboxylic acids is 1. The Morgan fingerprint density at radius 3 is 2.74 bits per heavy atom. The maximum atomic E-state index is 11.5. The van der Waals surface area contributed by atoms with Crippen molar-refractivity contribution in [3.05, 3.63) is 24.3 Å². The fraction of sp³-hybridized carbons (Fsp3) is 0.500. The number of carbonyl (C=O) groups is 1. The lowest BCUT2D eigenvalue weighted by atomic mass is 10.3. The lowest BCUT2D eigenvalue weighted by Crippen LogP contribution is -2.29. The number of nitrogens with two attached hydrogens (primary N) is 1. The zero-order valence-electron chi connectivity index (χ0n) is 11.2. The van der Waals surface area contributed by atoms with Crippen LogP contribution in [0.5, 0.6) is 11.5 Å². The van der Waals surface area contributed by atoms with Crippen molar-refractivity contribution in [3.63, 3.8) is 0 Å². The minimum absolute atomic E-state index is 0.0114. The lowest BCUT2D eigenvalue weighted by Gasteiger charge is -2.16. The molecule has 1 amide bonds. The van der Waals surface area contributed by atoms with Crippen LogP contribution < -0.4 is 15.2 Å². The van der Waals surface area contributed by atoms with E-state index in [1.807, 2.05) is 24.3 Å². The summed E-state index contributed by atoms with van der Waals surface area (Å²) in [6.45, 7) is 1.91. The summed E-state index contributed by atoms with van der Waals surface area (Å²) < 4.78 is 10.9. The molecule has 1 unspecified atom stereocenters. The first-order valence-corrected chi connectivity index (χ1v) is 6.50. The van der Waals surface area contributed by atoms with E-state index < -0.39 is 0 Å². The van der Waals surface area contributed by atoms with E-state index in [0.29, 0.717) is 26.1 Å². The Labute approximate surface area is 113 Å². The number of amides is 1. The monoisotopic (exact) mass is 264 g/mol. The van der Waals surface area contributed by atoms with Crippen molar-refractivity contribution in [1.82, 2.24) is 4.90 Å². The summed E-state index contributed by atoms with van der Waals surface area (Å²) in [7, 11) is 1.62. The Hall–Kier alpha value is -1.75. The highest BCUT2D eigenvalue weighted by Crippen LogP contribution is 2.25. The third kappa shape index (κ3) is 3.61. The fourth-order valence-electron chi connectivity index (χ4n) is 2.19. The molecule has 0 saturated carbocycles. The number of hydrogen-bond donors (Lipinski definition) is 1. The largest absolute Gasteiger partial charge is 0.493 e. The van der Waals surface area contributed by atoms with Crippen LogP contribution in [0.3, 0.4) is 0 Å². The minimum Gasteiger partial charge on any atom is -0.493 e. The number of para-hydroxylation sites is 2. The predicted molar refractivity (Wildman–Crippen MR) is 72.3 cm³/mol. The Kier molecular flexibility index (Phi) is 4.63. The average molecular weight is 264 g/mol. The first-order chi connectivity index (χ1) is 9.20. The molecule has 1 fully saturated rings. The van der Waals surface area contributed by atoms with Gasteiger partial charge < -0.3 is 20.1 Å². The molecule has 5 heteroatoms. The summed E-state index contributed by atoms with van der Waals surface area (Å²) in [5, 5.41) is 0. The number of hydrogen-bond acceptors (Lipinski definition) is 4. The van der Waals surface area contributed by atoms with E-state index in [1.54, 1.807) is 12.0 Å². The molecule has 2 N–H and O–H groups in total. The van der Waals surface area contributed by atoms with Gasteiger partial charge in [0.1, 0.15) is 0 Å². The van der Waals surface area contributed by atoms with Crippen LogP contribution in [0, 0.1) is 0 Å². The first kappa shape index (κ1) is 13.7. The van der Waals surface area contributed by atoms with Crippen LogP contribution >= 0.6 is 0 Å². The zero-order chi connectivity index (χ0) is 13.7. The number of ether oxygens (including phenoxy) is 2. The minimum atomic E-state index is -0.0114. The molecule has 1 saturated heterocycles. The van der Waals surface area contributed by atoms with E-state index in [-0.39, 0.29) is 11.9 Å². The summed E-state index contributed by atoms with van der Waals surface area (Å²) in [5.41, 5.74) is 5.74. The van der Waals surface area contributed by atoms with Gasteiger partial charge in [0.05, 0.1) is 13.7 Å². The van der Waals surface area contributed by atoms with Crippen molar-refractivity contribution >= 4 is 5.91 Å². The summed E-state index contributed by atoms with van der Waals surface area (Å²) in [6.07, 6.45) is 1.25. The second kappa shape index (κ2) is 6.43. The summed E-state index contributed by atoms with van der Waals surface area (Å²) in [4.78, 5) is 13.3. The quantitative estimate of drug-likeness (QED) is 0.779. The van der Waals surface area contributed by atoms with Crippen molar-refractivity contribution < 1.29 is 14.3 Å². The van der Waals surface area contributed by atoms with E-state index in [1.165, 1.54) is 0 Å². The molecule has 104 valence electrons. The number of methoxy groups -OCH3 is 1. The van der Waals surface area contributed by atoms with Gasteiger partial charge in [-0.1, -0.05) is 12.1 Å². The van der Waals surface area contributed by atoms with Crippen LogP contribution in [-0.2, 0) is 4.79 Å². The molecule has 5 nitrogen and oxygen atoms in total. The van der Waals surface area contributed by atoms with Crippen molar-refractivity contribution in [2.24, 2.45) is 5.73 Å². The Balaban J connectivity index is 1.73. The molecule has 0 spiro atoms. The fourth-order valence-corrected chi connectivity index (χ4v) is 2.19. The smallest absolute Gasteiger partial charge is 0.224 e. The number of benzene rings is 1. The average Bonchev–Trinajstić information content (AvgIpc) is 2.73. The van der Waals surface area contributed by atoms with E-state index in [9.17, 15) is 4.79 Å². The molecule has 19 heavy (non-hydrogen) atoms. The number of nitrogens with zero attached hydrogens (tertiary/aromatic N) is 1. The molecule has 0 aromatic heterocycles. The molecule has 1 aromatic carbocycles. The Morgan fingerprint density at radius 2 is 2.11 bits per heavy atom. The molecule has 0 aliphatic carbocycles. The van der Waals surface area contributed by atoms with Crippen LogP contribution in [0.25, 0.3) is 0 Å². The molecule has 1 aliphatic rings. The van der Waals surface area contributed by atoms with E-state index in [4.69, 9.17) is 15.2 Å².